The molecule has 3 rings (SSSR count). The summed E-state index contributed by atoms with van der Waals surface area (Å²) in [6.07, 6.45) is 6.24. The van der Waals surface area contributed by atoms with Gasteiger partial charge in [0.2, 0.25) is 10.0 Å². The topological polar surface area (TPSA) is 79.0 Å². The summed E-state index contributed by atoms with van der Waals surface area (Å²) in [6, 6.07) is 0.214. The Morgan fingerprint density at radius 2 is 1.85 bits per heavy atom. The van der Waals surface area contributed by atoms with E-state index in [1.54, 1.807) is 18.2 Å². The number of hydrogen-bond donors (Lipinski definition) is 1. The Hall–Kier alpha value is -0.860. The normalized spacial score (nSPS) is 26.7. The monoisotopic (exact) mass is 387 g/mol. The number of ether oxygens (including phenoxy) is 1. The van der Waals surface area contributed by atoms with Gasteiger partial charge in [-0.2, -0.15) is 0 Å². The van der Waals surface area contributed by atoms with Crippen molar-refractivity contribution in [1.82, 2.24) is 14.5 Å². The number of nitrogens with zero attached hydrogens (tertiary/aromatic N) is 2. The zero-order valence-electron chi connectivity index (χ0n) is 16.0. The molecular weight excluding hydrogens is 354 g/mol. The van der Waals surface area contributed by atoms with Gasteiger partial charge in [-0.15, -0.1) is 0 Å². The van der Waals surface area contributed by atoms with E-state index in [1.165, 1.54) is 19.3 Å². The predicted octanol–water partition coefficient (Wildman–Crippen LogP) is 1.79. The second-order valence-corrected chi connectivity index (χ2v) is 10.7. The molecule has 0 spiro atoms. The maximum atomic E-state index is 12.8. The van der Waals surface area contributed by atoms with Gasteiger partial charge in [-0.25, -0.2) is 17.5 Å². The fourth-order valence-electron chi connectivity index (χ4n) is 4.04. The first-order valence-electron chi connectivity index (χ1n) is 10.0. The van der Waals surface area contributed by atoms with Crippen LogP contribution in [0.25, 0.3) is 0 Å². The smallest absolute Gasteiger partial charge is 0.318 e. The molecule has 2 saturated heterocycles. The third kappa shape index (κ3) is 4.51. The van der Waals surface area contributed by atoms with E-state index in [2.05, 4.69) is 5.32 Å². The van der Waals surface area contributed by atoms with Crippen LogP contribution in [0.3, 0.4) is 0 Å². The molecule has 1 unspecified atom stereocenters. The summed E-state index contributed by atoms with van der Waals surface area (Å²) in [7, 11) is -3.20. The average molecular weight is 388 g/mol. The number of morpholine rings is 1. The minimum Gasteiger partial charge on any atom is -0.377 e. The number of amides is 2. The van der Waals surface area contributed by atoms with Gasteiger partial charge < -0.3 is 15.0 Å². The minimum absolute atomic E-state index is 0.0113. The van der Waals surface area contributed by atoms with Crippen LogP contribution in [0.5, 0.6) is 0 Å². The van der Waals surface area contributed by atoms with E-state index in [0.717, 1.165) is 12.3 Å². The van der Waals surface area contributed by atoms with Crippen LogP contribution in [-0.4, -0.2) is 73.8 Å². The lowest BCUT2D eigenvalue weighted by molar-refractivity contribution is -0.00137. The van der Waals surface area contributed by atoms with Crippen LogP contribution in [0, 0.1) is 5.92 Å². The zero-order chi connectivity index (χ0) is 18.7. The number of urea groups is 1. The molecule has 3 fully saturated rings. The number of piperidine rings is 1. The predicted molar refractivity (Wildman–Crippen MR) is 100 cm³/mol. The largest absolute Gasteiger partial charge is 0.377 e. The summed E-state index contributed by atoms with van der Waals surface area (Å²) in [6.45, 7) is 6.27. The molecule has 1 aliphatic carbocycles. The lowest BCUT2D eigenvalue weighted by Crippen LogP contribution is -2.56. The van der Waals surface area contributed by atoms with Crippen LogP contribution in [-0.2, 0) is 14.8 Å². The molecule has 7 nitrogen and oxygen atoms in total. The molecule has 8 heteroatoms. The van der Waals surface area contributed by atoms with E-state index in [9.17, 15) is 13.2 Å². The second-order valence-electron chi connectivity index (χ2n) is 8.17. The highest BCUT2D eigenvalue weighted by molar-refractivity contribution is 7.89. The van der Waals surface area contributed by atoms with Crippen LogP contribution in [0.1, 0.15) is 52.4 Å². The van der Waals surface area contributed by atoms with E-state index in [-0.39, 0.29) is 18.1 Å². The summed E-state index contributed by atoms with van der Waals surface area (Å²) in [5.41, 5.74) is 0. The summed E-state index contributed by atoms with van der Waals surface area (Å²) in [4.78, 5) is 14.7. The maximum Gasteiger partial charge on any atom is 0.318 e. The second kappa shape index (κ2) is 8.44. The van der Waals surface area contributed by atoms with Crippen molar-refractivity contribution in [3.05, 3.63) is 0 Å². The molecule has 0 aromatic heterocycles. The van der Waals surface area contributed by atoms with Crippen molar-refractivity contribution < 1.29 is 17.9 Å². The highest BCUT2D eigenvalue weighted by atomic mass is 32.2. The highest BCUT2D eigenvalue weighted by Crippen LogP contribution is 2.32. The molecule has 2 heterocycles. The Kier molecular flexibility index (Phi) is 6.45. The van der Waals surface area contributed by atoms with Gasteiger partial charge in [0.25, 0.3) is 0 Å². The van der Waals surface area contributed by atoms with Gasteiger partial charge in [0.15, 0.2) is 0 Å². The van der Waals surface area contributed by atoms with Gasteiger partial charge >= 0.3 is 6.03 Å². The van der Waals surface area contributed by atoms with Crippen LogP contribution in [0.15, 0.2) is 0 Å². The average Bonchev–Trinajstić information content (AvgIpc) is 2.58. The Labute approximate surface area is 157 Å². The summed E-state index contributed by atoms with van der Waals surface area (Å²) < 4.78 is 31.7. The first-order valence-corrected chi connectivity index (χ1v) is 11.5. The van der Waals surface area contributed by atoms with Gasteiger partial charge in [-0.3, -0.25) is 0 Å². The van der Waals surface area contributed by atoms with Gasteiger partial charge in [-0.1, -0.05) is 19.3 Å². The Morgan fingerprint density at radius 3 is 2.42 bits per heavy atom. The van der Waals surface area contributed by atoms with E-state index in [4.69, 9.17) is 4.74 Å². The van der Waals surface area contributed by atoms with Crippen molar-refractivity contribution in [3.8, 4) is 0 Å². The minimum atomic E-state index is -3.20. The summed E-state index contributed by atoms with van der Waals surface area (Å²) >= 11 is 0. The first-order chi connectivity index (χ1) is 12.4. The zero-order valence-corrected chi connectivity index (χ0v) is 16.8. The standard InChI is InChI=1S/C18H33N3O4S/c1-14(2)26(23,24)20-8-6-16(7-9-20)19-18(22)21-10-11-25-13-17(21)12-15-4-3-5-15/h14-17H,3-13H2,1-2H3,(H,19,22). The van der Waals surface area contributed by atoms with Crippen LogP contribution in [0.4, 0.5) is 4.79 Å². The van der Waals surface area contributed by atoms with Crippen molar-refractivity contribution >= 4 is 16.1 Å². The molecule has 3 aliphatic rings. The molecule has 1 N–H and O–H groups in total. The molecule has 2 aliphatic heterocycles. The van der Waals surface area contributed by atoms with Crippen molar-refractivity contribution in [1.29, 1.82) is 0 Å². The molecule has 0 aromatic carbocycles. The van der Waals surface area contributed by atoms with Crippen molar-refractivity contribution in [2.75, 3.05) is 32.8 Å². The van der Waals surface area contributed by atoms with E-state index >= 15 is 0 Å². The van der Waals surface area contributed by atoms with E-state index in [0.29, 0.717) is 45.7 Å². The number of rotatable bonds is 5. The van der Waals surface area contributed by atoms with Crippen molar-refractivity contribution in [2.45, 2.75) is 69.7 Å². The van der Waals surface area contributed by atoms with Gasteiger partial charge in [0, 0.05) is 25.7 Å². The SMILES string of the molecule is CC(C)S(=O)(=O)N1CCC(NC(=O)N2CCOCC2CC2CCC2)CC1. The molecule has 0 bridgehead atoms. The molecule has 150 valence electrons. The quantitative estimate of drug-likeness (QED) is 0.780. The van der Waals surface area contributed by atoms with E-state index < -0.39 is 15.3 Å². The Balaban J connectivity index is 1.50. The van der Waals surface area contributed by atoms with Crippen molar-refractivity contribution in [2.24, 2.45) is 5.92 Å². The fourth-order valence-corrected chi connectivity index (χ4v) is 5.36. The third-order valence-corrected chi connectivity index (χ3v) is 8.33. The van der Waals surface area contributed by atoms with E-state index in [1.807, 2.05) is 4.90 Å². The lowest BCUT2D eigenvalue weighted by Gasteiger charge is -2.40. The molecular formula is C18H33N3O4S. The van der Waals surface area contributed by atoms with Gasteiger partial charge in [0.1, 0.15) is 0 Å². The molecule has 26 heavy (non-hydrogen) atoms. The number of carbonyl (C=O) groups excluding carboxylic acids is 1. The summed E-state index contributed by atoms with van der Waals surface area (Å²) in [5, 5.41) is 2.74. The number of sulfonamides is 1. The van der Waals surface area contributed by atoms with Crippen molar-refractivity contribution in [3.63, 3.8) is 0 Å². The Morgan fingerprint density at radius 1 is 1.15 bits per heavy atom. The van der Waals surface area contributed by atoms with Gasteiger partial charge in [0.05, 0.1) is 24.5 Å². The maximum absolute atomic E-state index is 12.8. The van der Waals surface area contributed by atoms with Gasteiger partial charge in [-0.05, 0) is 39.0 Å². The number of carbonyl (C=O) groups is 1. The molecule has 1 saturated carbocycles. The molecule has 2 amide bonds. The van der Waals surface area contributed by atoms with Crippen LogP contribution >= 0.6 is 0 Å². The first kappa shape index (κ1) is 19.9. The highest BCUT2D eigenvalue weighted by Gasteiger charge is 2.34. The third-order valence-electron chi connectivity index (χ3n) is 6.06. The number of nitrogens with one attached hydrogen (secondary N) is 1. The molecule has 1 atom stereocenters. The molecule has 0 radical (unpaired) electrons. The van der Waals surface area contributed by atoms with Crippen LogP contribution < -0.4 is 5.32 Å². The fraction of sp³-hybridized carbons (Fsp3) is 0.944. The lowest BCUT2D eigenvalue weighted by atomic mass is 9.80. The number of hydrogen-bond acceptors (Lipinski definition) is 4. The summed E-state index contributed by atoms with van der Waals surface area (Å²) in [5.74, 6) is 0.737. The molecule has 0 aromatic rings. The Bertz CT molecular complexity index is 583. The van der Waals surface area contributed by atoms with Crippen LogP contribution in [0.2, 0.25) is 0 Å².